The fourth-order valence-electron chi connectivity index (χ4n) is 2.21. The highest BCUT2D eigenvalue weighted by molar-refractivity contribution is 6.31. The van der Waals surface area contributed by atoms with E-state index in [9.17, 15) is 4.39 Å². The number of aromatic nitrogens is 2. The summed E-state index contributed by atoms with van der Waals surface area (Å²) >= 11 is 6.07. The second-order valence-electron chi connectivity index (χ2n) is 4.86. The topological polar surface area (TPSA) is 37.8 Å². The van der Waals surface area contributed by atoms with Crippen LogP contribution in [0, 0.1) is 12.7 Å². The summed E-state index contributed by atoms with van der Waals surface area (Å²) in [5, 5.41) is 3.66. The Morgan fingerprint density at radius 2 is 2.00 bits per heavy atom. The van der Waals surface area contributed by atoms with Crippen molar-refractivity contribution in [1.29, 1.82) is 0 Å². The molecule has 3 nitrogen and oxygen atoms in total. The van der Waals surface area contributed by atoms with E-state index in [0.717, 1.165) is 35.6 Å². The molecule has 0 aliphatic rings. The predicted octanol–water partition coefficient (Wildman–Crippen LogP) is 4.16. The highest BCUT2D eigenvalue weighted by Gasteiger charge is 2.11. The molecule has 1 N–H and O–H groups in total. The van der Waals surface area contributed by atoms with E-state index in [1.165, 1.54) is 12.1 Å². The molecule has 0 amide bonds. The van der Waals surface area contributed by atoms with E-state index in [0.29, 0.717) is 17.3 Å². The molecule has 1 aromatic carbocycles. The highest BCUT2D eigenvalue weighted by Crippen LogP contribution is 2.22. The van der Waals surface area contributed by atoms with Gasteiger partial charge in [-0.05, 0) is 38.0 Å². The Balaban J connectivity index is 2.37. The molecule has 0 fully saturated rings. The second kappa shape index (κ2) is 6.85. The van der Waals surface area contributed by atoms with Crippen molar-refractivity contribution >= 4 is 17.4 Å². The molecule has 21 heavy (non-hydrogen) atoms. The fourth-order valence-corrected chi connectivity index (χ4v) is 2.45. The molecule has 0 atom stereocenters. The third-order valence-corrected chi connectivity index (χ3v) is 3.69. The van der Waals surface area contributed by atoms with Crippen LogP contribution in [0.5, 0.6) is 0 Å². The lowest BCUT2D eigenvalue weighted by molar-refractivity contribution is 0.627. The van der Waals surface area contributed by atoms with Gasteiger partial charge in [-0.15, -0.1) is 0 Å². The van der Waals surface area contributed by atoms with Crippen molar-refractivity contribution in [3.63, 3.8) is 0 Å². The maximum Gasteiger partial charge on any atom is 0.135 e. The molecule has 0 saturated heterocycles. The standard InChI is InChI=1S/C16H19ClFN3/c1-4-14-10(3)16(19-5-2)21-15(20-14)8-11-6-7-12(18)9-13(11)17/h6-7,9H,4-5,8H2,1-3H3,(H,19,20,21). The van der Waals surface area contributed by atoms with Gasteiger partial charge in [0.15, 0.2) is 0 Å². The summed E-state index contributed by atoms with van der Waals surface area (Å²) < 4.78 is 13.1. The number of halogens is 2. The van der Waals surface area contributed by atoms with Crippen LogP contribution in [-0.2, 0) is 12.8 Å². The van der Waals surface area contributed by atoms with E-state index in [4.69, 9.17) is 11.6 Å². The Labute approximate surface area is 129 Å². The molecule has 5 heteroatoms. The van der Waals surface area contributed by atoms with E-state index in [1.54, 1.807) is 6.07 Å². The smallest absolute Gasteiger partial charge is 0.135 e. The normalized spacial score (nSPS) is 10.7. The zero-order chi connectivity index (χ0) is 15.4. The third-order valence-electron chi connectivity index (χ3n) is 3.34. The zero-order valence-corrected chi connectivity index (χ0v) is 13.3. The van der Waals surface area contributed by atoms with Crippen LogP contribution in [0.25, 0.3) is 0 Å². The van der Waals surface area contributed by atoms with E-state index in [2.05, 4.69) is 22.2 Å². The Hall–Kier alpha value is -1.68. The lowest BCUT2D eigenvalue weighted by Crippen LogP contribution is -2.10. The van der Waals surface area contributed by atoms with Gasteiger partial charge in [-0.25, -0.2) is 14.4 Å². The van der Waals surface area contributed by atoms with Crippen molar-refractivity contribution in [1.82, 2.24) is 9.97 Å². The van der Waals surface area contributed by atoms with Gasteiger partial charge in [-0.1, -0.05) is 24.6 Å². The van der Waals surface area contributed by atoms with Crippen LogP contribution in [0.4, 0.5) is 10.2 Å². The lowest BCUT2D eigenvalue weighted by Gasteiger charge is -2.13. The SMILES string of the molecule is CCNc1nc(Cc2ccc(F)cc2Cl)nc(CC)c1C. The van der Waals surface area contributed by atoms with Gasteiger partial charge in [0.05, 0.1) is 0 Å². The summed E-state index contributed by atoms with van der Waals surface area (Å²) in [4.78, 5) is 9.14. The molecular weight excluding hydrogens is 289 g/mol. The Morgan fingerprint density at radius 3 is 2.62 bits per heavy atom. The van der Waals surface area contributed by atoms with Gasteiger partial charge in [0.25, 0.3) is 0 Å². The Bertz CT molecular complexity index is 644. The predicted molar refractivity (Wildman–Crippen MR) is 84.5 cm³/mol. The van der Waals surface area contributed by atoms with Crippen LogP contribution >= 0.6 is 11.6 Å². The van der Waals surface area contributed by atoms with Crippen LogP contribution in [0.3, 0.4) is 0 Å². The molecule has 0 unspecified atom stereocenters. The number of nitrogens with one attached hydrogen (secondary N) is 1. The summed E-state index contributed by atoms with van der Waals surface area (Å²) in [6.07, 6.45) is 1.34. The van der Waals surface area contributed by atoms with Gasteiger partial charge >= 0.3 is 0 Å². The van der Waals surface area contributed by atoms with Crippen molar-refractivity contribution in [2.75, 3.05) is 11.9 Å². The summed E-state index contributed by atoms with van der Waals surface area (Å²) in [7, 11) is 0. The van der Waals surface area contributed by atoms with Crippen molar-refractivity contribution in [2.24, 2.45) is 0 Å². The van der Waals surface area contributed by atoms with Gasteiger partial charge in [-0.3, -0.25) is 0 Å². The van der Waals surface area contributed by atoms with E-state index >= 15 is 0 Å². The minimum Gasteiger partial charge on any atom is -0.370 e. The Morgan fingerprint density at radius 1 is 1.24 bits per heavy atom. The first-order valence-electron chi connectivity index (χ1n) is 7.09. The number of aryl methyl sites for hydroxylation is 1. The molecule has 0 radical (unpaired) electrons. The molecule has 0 aliphatic carbocycles. The molecule has 0 saturated carbocycles. The molecule has 2 aromatic rings. The number of anilines is 1. The lowest BCUT2D eigenvalue weighted by atomic mass is 10.1. The van der Waals surface area contributed by atoms with E-state index in [1.807, 2.05) is 13.8 Å². The average molecular weight is 308 g/mol. The first kappa shape index (κ1) is 15.7. The molecule has 0 spiro atoms. The summed E-state index contributed by atoms with van der Waals surface area (Å²) in [6, 6.07) is 4.40. The van der Waals surface area contributed by atoms with E-state index < -0.39 is 0 Å². The average Bonchev–Trinajstić information content (AvgIpc) is 2.45. The first-order valence-corrected chi connectivity index (χ1v) is 7.47. The third kappa shape index (κ3) is 3.70. The van der Waals surface area contributed by atoms with Crippen molar-refractivity contribution in [3.05, 3.63) is 51.7 Å². The maximum atomic E-state index is 13.1. The zero-order valence-electron chi connectivity index (χ0n) is 12.5. The minimum atomic E-state index is -0.337. The van der Waals surface area contributed by atoms with Crippen LogP contribution in [0.2, 0.25) is 5.02 Å². The number of benzene rings is 1. The molecule has 1 heterocycles. The molecule has 1 aromatic heterocycles. The molecule has 0 bridgehead atoms. The second-order valence-corrected chi connectivity index (χ2v) is 5.26. The highest BCUT2D eigenvalue weighted by atomic mass is 35.5. The summed E-state index contributed by atoms with van der Waals surface area (Å²) in [5.74, 6) is 1.22. The van der Waals surface area contributed by atoms with E-state index in [-0.39, 0.29) is 5.82 Å². The number of hydrogen-bond acceptors (Lipinski definition) is 3. The van der Waals surface area contributed by atoms with Gasteiger partial charge in [0.2, 0.25) is 0 Å². The van der Waals surface area contributed by atoms with Gasteiger partial charge in [0.1, 0.15) is 17.5 Å². The van der Waals surface area contributed by atoms with Gasteiger partial charge in [0, 0.05) is 29.2 Å². The van der Waals surface area contributed by atoms with Gasteiger partial charge < -0.3 is 5.32 Å². The largest absolute Gasteiger partial charge is 0.370 e. The quantitative estimate of drug-likeness (QED) is 0.901. The summed E-state index contributed by atoms with van der Waals surface area (Å²) in [6.45, 7) is 6.92. The number of rotatable bonds is 5. The summed E-state index contributed by atoms with van der Waals surface area (Å²) in [5.41, 5.74) is 2.92. The monoisotopic (exact) mass is 307 g/mol. The van der Waals surface area contributed by atoms with Crippen LogP contribution in [0.15, 0.2) is 18.2 Å². The van der Waals surface area contributed by atoms with Crippen LogP contribution in [-0.4, -0.2) is 16.5 Å². The maximum absolute atomic E-state index is 13.1. The Kier molecular flexibility index (Phi) is 5.12. The number of nitrogens with zero attached hydrogens (tertiary/aromatic N) is 2. The minimum absolute atomic E-state index is 0.337. The van der Waals surface area contributed by atoms with Crippen LogP contribution < -0.4 is 5.32 Å². The van der Waals surface area contributed by atoms with Crippen molar-refractivity contribution < 1.29 is 4.39 Å². The van der Waals surface area contributed by atoms with Crippen molar-refractivity contribution in [3.8, 4) is 0 Å². The molecular formula is C16H19ClFN3. The van der Waals surface area contributed by atoms with Crippen molar-refractivity contribution in [2.45, 2.75) is 33.6 Å². The molecule has 2 rings (SSSR count). The fraction of sp³-hybridized carbons (Fsp3) is 0.375. The number of hydrogen-bond donors (Lipinski definition) is 1. The molecule has 0 aliphatic heterocycles. The van der Waals surface area contributed by atoms with Crippen LogP contribution in [0.1, 0.15) is 36.5 Å². The van der Waals surface area contributed by atoms with Gasteiger partial charge in [-0.2, -0.15) is 0 Å². The first-order chi connectivity index (χ1) is 10.0. The molecule has 112 valence electrons.